The van der Waals surface area contributed by atoms with Crippen LogP contribution in [0.3, 0.4) is 0 Å². The van der Waals surface area contributed by atoms with Crippen LogP contribution >= 0.6 is 11.3 Å². The summed E-state index contributed by atoms with van der Waals surface area (Å²) in [5, 5.41) is 9.10. The van der Waals surface area contributed by atoms with Crippen molar-refractivity contribution in [1.82, 2.24) is 20.3 Å². The van der Waals surface area contributed by atoms with Gasteiger partial charge in [-0.2, -0.15) is 0 Å². The van der Waals surface area contributed by atoms with Crippen molar-refractivity contribution in [2.45, 2.75) is 6.54 Å². The molecule has 0 radical (unpaired) electrons. The van der Waals surface area contributed by atoms with Gasteiger partial charge in [0.05, 0.1) is 17.4 Å². The highest BCUT2D eigenvalue weighted by Gasteiger charge is 2.09. The largest absolute Gasteiger partial charge is 0.438 e. The summed E-state index contributed by atoms with van der Waals surface area (Å²) in [6, 6.07) is 12.7. The topological polar surface area (TPSA) is 92.3 Å². The van der Waals surface area contributed by atoms with Crippen LogP contribution in [0, 0.1) is 0 Å². The molecule has 2 aromatic carbocycles. The molecule has 0 unspecified atom stereocenters. The van der Waals surface area contributed by atoms with Gasteiger partial charge in [0.15, 0.2) is 0 Å². The first kappa shape index (κ1) is 19.6. The van der Waals surface area contributed by atoms with Crippen molar-refractivity contribution in [2.24, 2.45) is 0 Å². The molecule has 0 bridgehead atoms. The third-order valence-electron chi connectivity index (χ3n) is 4.31. The van der Waals surface area contributed by atoms with Crippen LogP contribution in [-0.4, -0.2) is 35.1 Å². The molecule has 2 N–H and O–H groups in total. The fourth-order valence-corrected chi connectivity index (χ4v) is 3.33. The van der Waals surface area contributed by atoms with E-state index in [4.69, 9.17) is 4.74 Å². The third-order valence-corrected chi connectivity index (χ3v) is 5.09. The normalized spacial score (nSPS) is 10.6. The molecule has 0 aliphatic heterocycles. The van der Waals surface area contributed by atoms with Crippen molar-refractivity contribution in [3.05, 3.63) is 65.4 Å². The Morgan fingerprint density at radius 3 is 2.67 bits per heavy atom. The van der Waals surface area contributed by atoms with Crippen molar-refractivity contribution in [1.29, 1.82) is 0 Å². The number of amides is 2. The quantitative estimate of drug-likeness (QED) is 0.484. The molecular formula is C21H20N6O2S. The number of nitrogens with zero attached hydrogens (tertiary/aromatic N) is 4. The van der Waals surface area contributed by atoms with Gasteiger partial charge in [-0.3, -0.25) is 0 Å². The highest BCUT2D eigenvalue weighted by atomic mass is 32.1. The molecule has 4 rings (SSSR count). The lowest BCUT2D eigenvalue weighted by atomic mass is 10.2. The summed E-state index contributed by atoms with van der Waals surface area (Å²) in [5.74, 6) is 1.09. The predicted molar refractivity (Wildman–Crippen MR) is 118 cm³/mol. The second-order valence-electron chi connectivity index (χ2n) is 6.63. The molecule has 8 nitrogen and oxygen atoms in total. The van der Waals surface area contributed by atoms with Crippen LogP contribution in [0.25, 0.3) is 10.9 Å². The number of aromatic nitrogens is 3. The summed E-state index contributed by atoms with van der Waals surface area (Å²) in [7, 11) is 3.96. The second-order valence-corrected chi connectivity index (χ2v) is 7.61. The second kappa shape index (κ2) is 8.75. The highest BCUT2D eigenvalue weighted by Crippen LogP contribution is 2.29. The molecule has 0 atom stereocenters. The Morgan fingerprint density at radius 1 is 1.10 bits per heavy atom. The molecule has 9 heteroatoms. The summed E-state index contributed by atoms with van der Waals surface area (Å²) in [4.78, 5) is 26.7. The number of carbonyl (C=O) groups is 1. The maximum absolute atomic E-state index is 12.0. The highest BCUT2D eigenvalue weighted by molar-refractivity contribution is 7.09. The summed E-state index contributed by atoms with van der Waals surface area (Å²) < 4.78 is 5.95. The number of carbonyl (C=O) groups excluding carboxylic acids is 1. The number of hydrogen-bond acceptors (Lipinski definition) is 7. The molecule has 0 saturated heterocycles. The van der Waals surface area contributed by atoms with Crippen LogP contribution in [0.5, 0.6) is 11.6 Å². The molecule has 0 aliphatic rings. The van der Waals surface area contributed by atoms with Crippen molar-refractivity contribution in [2.75, 3.05) is 24.3 Å². The van der Waals surface area contributed by atoms with E-state index in [0.717, 1.165) is 21.6 Å². The van der Waals surface area contributed by atoms with E-state index in [1.807, 2.05) is 42.6 Å². The molecule has 0 saturated carbocycles. The fraction of sp³-hybridized carbons (Fsp3) is 0.143. The van der Waals surface area contributed by atoms with Gasteiger partial charge in [0, 0.05) is 37.0 Å². The number of nitrogens with one attached hydrogen (secondary N) is 2. The number of thiazole rings is 1. The lowest BCUT2D eigenvalue weighted by molar-refractivity contribution is 0.251. The Labute approximate surface area is 177 Å². The number of ether oxygens (including phenoxy) is 1. The molecule has 30 heavy (non-hydrogen) atoms. The van der Waals surface area contributed by atoms with Gasteiger partial charge < -0.3 is 20.3 Å². The van der Waals surface area contributed by atoms with E-state index >= 15 is 0 Å². The smallest absolute Gasteiger partial charge is 0.319 e. The number of fused-ring (bicyclic) bond motifs is 1. The van der Waals surface area contributed by atoms with E-state index in [2.05, 4.69) is 25.6 Å². The number of rotatable bonds is 6. The number of hydrogen-bond donors (Lipinski definition) is 2. The van der Waals surface area contributed by atoms with Crippen LogP contribution in [0.15, 0.2) is 60.4 Å². The number of urea groups is 1. The first-order valence-corrected chi connectivity index (χ1v) is 10.1. The van der Waals surface area contributed by atoms with E-state index in [9.17, 15) is 4.79 Å². The lowest BCUT2D eigenvalue weighted by Gasteiger charge is -2.13. The van der Waals surface area contributed by atoms with Crippen LogP contribution in [0.4, 0.5) is 16.2 Å². The molecule has 152 valence electrons. The minimum atomic E-state index is -0.294. The van der Waals surface area contributed by atoms with Gasteiger partial charge in [-0.25, -0.2) is 19.7 Å². The summed E-state index contributed by atoms with van der Waals surface area (Å²) >= 11 is 1.49. The minimum Gasteiger partial charge on any atom is -0.438 e. The third kappa shape index (κ3) is 4.64. The van der Waals surface area contributed by atoms with Crippen molar-refractivity contribution in [3.8, 4) is 11.6 Å². The van der Waals surface area contributed by atoms with E-state index in [0.29, 0.717) is 23.9 Å². The zero-order valence-corrected chi connectivity index (χ0v) is 17.3. The Hall–Kier alpha value is -3.72. The average Bonchev–Trinajstić information content (AvgIpc) is 3.27. The molecule has 0 fully saturated rings. The summed E-state index contributed by atoms with van der Waals surface area (Å²) in [5.41, 5.74) is 2.51. The molecule has 4 aromatic rings. The van der Waals surface area contributed by atoms with Gasteiger partial charge in [-0.15, -0.1) is 11.3 Å². The molecule has 0 aliphatic carbocycles. The first-order valence-electron chi connectivity index (χ1n) is 9.22. The van der Waals surface area contributed by atoms with Crippen molar-refractivity contribution in [3.63, 3.8) is 0 Å². The fourth-order valence-electron chi connectivity index (χ4n) is 2.77. The van der Waals surface area contributed by atoms with E-state index in [1.54, 1.807) is 30.5 Å². The van der Waals surface area contributed by atoms with E-state index in [-0.39, 0.29) is 6.03 Å². The molecule has 2 aromatic heterocycles. The molecule has 2 heterocycles. The Bertz CT molecular complexity index is 1150. The summed E-state index contributed by atoms with van der Waals surface area (Å²) in [6.07, 6.45) is 3.19. The summed E-state index contributed by atoms with van der Waals surface area (Å²) in [6.45, 7) is 0.390. The Balaban J connectivity index is 1.41. The van der Waals surface area contributed by atoms with E-state index in [1.165, 1.54) is 17.7 Å². The first-order chi connectivity index (χ1) is 14.6. The van der Waals surface area contributed by atoms with Gasteiger partial charge in [-0.05, 0) is 42.5 Å². The van der Waals surface area contributed by atoms with Crippen LogP contribution < -0.4 is 20.3 Å². The number of benzene rings is 2. The molecule has 0 spiro atoms. The van der Waals surface area contributed by atoms with Crippen molar-refractivity contribution < 1.29 is 9.53 Å². The average molecular weight is 420 g/mol. The monoisotopic (exact) mass is 420 g/mol. The van der Waals surface area contributed by atoms with Crippen LogP contribution in [0.2, 0.25) is 0 Å². The zero-order chi connectivity index (χ0) is 20.9. The predicted octanol–water partition coefficient (Wildman–Crippen LogP) is 4.27. The van der Waals surface area contributed by atoms with Crippen LogP contribution in [-0.2, 0) is 6.54 Å². The number of anilines is 2. The van der Waals surface area contributed by atoms with Gasteiger partial charge in [0.25, 0.3) is 0 Å². The molecular weight excluding hydrogens is 400 g/mol. The standard InChI is InChI=1S/C21H20N6O2S/c1-27(2)15-5-8-17-18(11-15)24-13-25-20(17)29-16-6-3-14(4-7-16)26-21(28)23-12-19-22-9-10-30-19/h3-11,13H,12H2,1-2H3,(H2,23,26,28). The SMILES string of the molecule is CN(C)c1ccc2c(Oc3ccc(NC(=O)NCc4nccs4)cc3)ncnc2c1. The van der Waals surface area contributed by atoms with Gasteiger partial charge in [0.1, 0.15) is 17.1 Å². The lowest BCUT2D eigenvalue weighted by Crippen LogP contribution is -2.28. The van der Waals surface area contributed by atoms with E-state index < -0.39 is 0 Å². The van der Waals surface area contributed by atoms with Crippen molar-refractivity contribution >= 4 is 39.6 Å². The van der Waals surface area contributed by atoms with Crippen LogP contribution in [0.1, 0.15) is 5.01 Å². The van der Waals surface area contributed by atoms with Gasteiger partial charge >= 0.3 is 6.03 Å². The van der Waals surface area contributed by atoms with Gasteiger partial charge in [-0.1, -0.05) is 0 Å². The maximum Gasteiger partial charge on any atom is 0.319 e. The minimum absolute atomic E-state index is 0.294. The van der Waals surface area contributed by atoms with Gasteiger partial charge in [0.2, 0.25) is 5.88 Å². The Morgan fingerprint density at radius 2 is 1.93 bits per heavy atom. The zero-order valence-electron chi connectivity index (χ0n) is 16.5. The Kier molecular flexibility index (Phi) is 5.71. The maximum atomic E-state index is 12.0. The molecule has 2 amide bonds.